The molecule has 96 valence electrons. The van der Waals surface area contributed by atoms with Crippen molar-refractivity contribution in [3.05, 3.63) is 35.9 Å². The Morgan fingerprint density at radius 1 is 1.28 bits per heavy atom. The Bertz CT molecular complexity index is 426. The Morgan fingerprint density at radius 3 is 2.56 bits per heavy atom. The Kier molecular flexibility index (Phi) is 3.82. The fourth-order valence-corrected chi connectivity index (χ4v) is 1.71. The maximum atomic E-state index is 11.6. The molecule has 0 aromatic heterocycles. The van der Waals surface area contributed by atoms with E-state index < -0.39 is 0 Å². The van der Waals surface area contributed by atoms with Crippen LogP contribution in [0, 0.1) is 0 Å². The molecule has 5 nitrogen and oxygen atoms in total. The molecule has 1 fully saturated rings. The van der Waals surface area contributed by atoms with Crippen LogP contribution in [0.1, 0.15) is 12.5 Å². The molecule has 0 N–H and O–H groups in total. The molecule has 0 aliphatic carbocycles. The van der Waals surface area contributed by atoms with Crippen LogP contribution in [-0.4, -0.2) is 36.2 Å². The van der Waals surface area contributed by atoms with Gasteiger partial charge in [0.05, 0.1) is 13.1 Å². The summed E-state index contributed by atoms with van der Waals surface area (Å²) < 4.78 is 10.1. The normalized spacial score (nSPS) is 14.8. The molecule has 0 radical (unpaired) electrons. The number of carbonyl (C=O) groups is 2. The number of benzene rings is 1. The number of hydrogen-bond donors (Lipinski definition) is 0. The summed E-state index contributed by atoms with van der Waals surface area (Å²) >= 11 is 0. The first-order chi connectivity index (χ1) is 8.65. The van der Waals surface area contributed by atoms with E-state index in [0.29, 0.717) is 13.1 Å². The average Bonchev–Trinajstić information content (AvgIpc) is 2.31. The van der Waals surface area contributed by atoms with Gasteiger partial charge in [-0.05, 0) is 5.56 Å². The van der Waals surface area contributed by atoms with Crippen molar-refractivity contribution in [2.45, 2.75) is 19.6 Å². The van der Waals surface area contributed by atoms with E-state index in [1.807, 2.05) is 30.3 Å². The van der Waals surface area contributed by atoms with Crippen molar-refractivity contribution in [3.8, 4) is 0 Å². The number of esters is 1. The largest absolute Gasteiger partial charge is 0.459 e. The lowest BCUT2D eigenvalue weighted by Crippen LogP contribution is -2.55. The lowest BCUT2D eigenvalue weighted by molar-refractivity contribution is -0.153. The zero-order valence-corrected chi connectivity index (χ0v) is 10.2. The maximum Gasteiger partial charge on any atom is 0.410 e. The zero-order valence-electron chi connectivity index (χ0n) is 10.2. The highest BCUT2D eigenvalue weighted by atomic mass is 16.6. The second-order valence-electron chi connectivity index (χ2n) is 4.18. The van der Waals surface area contributed by atoms with Crippen molar-refractivity contribution < 1.29 is 19.1 Å². The second kappa shape index (κ2) is 5.53. The minimum absolute atomic E-state index is 0.188. The number of likely N-dealkylation sites (tertiary alicyclic amines) is 1. The van der Waals surface area contributed by atoms with Crippen molar-refractivity contribution in [1.29, 1.82) is 0 Å². The summed E-state index contributed by atoms with van der Waals surface area (Å²) in [6.45, 7) is 2.44. The summed E-state index contributed by atoms with van der Waals surface area (Å²) in [5.41, 5.74) is 0.947. The average molecular weight is 249 g/mol. The molecule has 1 aliphatic rings. The van der Waals surface area contributed by atoms with Gasteiger partial charge in [0.25, 0.3) is 0 Å². The van der Waals surface area contributed by atoms with Gasteiger partial charge in [-0.3, -0.25) is 4.79 Å². The van der Waals surface area contributed by atoms with Crippen LogP contribution in [0.3, 0.4) is 0 Å². The first kappa shape index (κ1) is 12.4. The van der Waals surface area contributed by atoms with E-state index in [0.717, 1.165) is 5.56 Å². The Hall–Kier alpha value is -2.04. The Balaban J connectivity index is 1.70. The number of ether oxygens (including phenoxy) is 2. The zero-order chi connectivity index (χ0) is 13.0. The summed E-state index contributed by atoms with van der Waals surface area (Å²) in [7, 11) is 0. The Morgan fingerprint density at radius 2 is 1.94 bits per heavy atom. The minimum Gasteiger partial charge on any atom is -0.459 e. The van der Waals surface area contributed by atoms with E-state index in [9.17, 15) is 9.59 Å². The van der Waals surface area contributed by atoms with Gasteiger partial charge < -0.3 is 14.4 Å². The third kappa shape index (κ3) is 3.23. The van der Waals surface area contributed by atoms with Gasteiger partial charge in [-0.2, -0.15) is 0 Å². The van der Waals surface area contributed by atoms with E-state index >= 15 is 0 Å². The van der Waals surface area contributed by atoms with E-state index in [1.54, 1.807) is 0 Å². The van der Waals surface area contributed by atoms with E-state index in [1.165, 1.54) is 11.8 Å². The van der Waals surface area contributed by atoms with E-state index in [4.69, 9.17) is 9.47 Å². The second-order valence-corrected chi connectivity index (χ2v) is 4.18. The predicted octanol–water partition coefficient (Wildman–Crippen LogP) is 1.57. The highest BCUT2D eigenvalue weighted by Crippen LogP contribution is 2.14. The molecular formula is C13H15NO4. The number of rotatable bonds is 3. The first-order valence-corrected chi connectivity index (χ1v) is 5.78. The van der Waals surface area contributed by atoms with Gasteiger partial charge in [-0.1, -0.05) is 30.3 Å². The van der Waals surface area contributed by atoms with Crippen molar-refractivity contribution in [2.24, 2.45) is 0 Å². The molecule has 0 spiro atoms. The molecule has 1 heterocycles. The van der Waals surface area contributed by atoms with Gasteiger partial charge in [0, 0.05) is 6.92 Å². The molecule has 0 atom stereocenters. The lowest BCUT2D eigenvalue weighted by Gasteiger charge is -2.37. The smallest absolute Gasteiger partial charge is 0.410 e. The molecule has 1 aromatic rings. The van der Waals surface area contributed by atoms with Crippen molar-refractivity contribution in [3.63, 3.8) is 0 Å². The van der Waals surface area contributed by atoms with Crippen LogP contribution in [0.5, 0.6) is 0 Å². The molecule has 0 unspecified atom stereocenters. The third-order valence-electron chi connectivity index (χ3n) is 2.64. The molecule has 0 bridgehead atoms. The van der Waals surface area contributed by atoms with Gasteiger partial charge in [-0.25, -0.2) is 4.79 Å². The number of nitrogens with zero attached hydrogens (tertiary/aromatic N) is 1. The van der Waals surface area contributed by atoms with Crippen molar-refractivity contribution in [2.75, 3.05) is 13.1 Å². The predicted molar refractivity (Wildman–Crippen MR) is 63.8 cm³/mol. The summed E-state index contributed by atoms with van der Waals surface area (Å²) in [5, 5.41) is 0. The molecule has 1 amide bonds. The number of carbonyl (C=O) groups excluding carboxylic acids is 2. The van der Waals surface area contributed by atoms with Crippen LogP contribution >= 0.6 is 0 Å². The lowest BCUT2D eigenvalue weighted by atomic mass is 10.2. The standard InChI is InChI=1S/C13H15NO4/c1-10(15)18-12-7-14(8-12)13(16)17-9-11-5-3-2-4-6-11/h2-6,12H,7-9H2,1H3. The third-order valence-corrected chi connectivity index (χ3v) is 2.64. The van der Waals surface area contributed by atoms with Crippen LogP contribution < -0.4 is 0 Å². The highest BCUT2D eigenvalue weighted by Gasteiger charge is 2.33. The molecule has 5 heteroatoms. The topological polar surface area (TPSA) is 55.8 Å². The minimum atomic E-state index is -0.373. The van der Waals surface area contributed by atoms with Crippen LogP contribution in [0.4, 0.5) is 4.79 Å². The van der Waals surface area contributed by atoms with Crippen LogP contribution in [-0.2, 0) is 20.9 Å². The molecule has 18 heavy (non-hydrogen) atoms. The fraction of sp³-hybridized carbons (Fsp3) is 0.385. The quantitative estimate of drug-likeness (QED) is 0.763. The van der Waals surface area contributed by atoms with Crippen LogP contribution in [0.25, 0.3) is 0 Å². The monoisotopic (exact) mass is 249 g/mol. The van der Waals surface area contributed by atoms with Crippen LogP contribution in [0.2, 0.25) is 0 Å². The molecule has 1 aromatic carbocycles. The summed E-state index contributed by atoms with van der Waals surface area (Å²) in [6, 6.07) is 9.48. The fourth-order valence-electron chi connectivity index (χ4n) is 1.71. The van der Waals surface area contributed by atoms with Gasteiger partial charge in [0.2, 0.25) is 0 Å². The van der Waals surface area contributed by atoms with Crippen molar-refractivity contribution >= 4 is 12.1 Å². The van der Waals surface area contributed by atoms with E-state index in [2.05, 4.69) is 0 Å². The summed E-state index contributed by atoms with van der Waals surface area (Å²) in [4.78, 5) is 23.8. The van der Waals surface area contributed by atoms with E-state index in [-0.39, 0.29) is 24.8 Å². The molecule has 0 saturated carbocycles. The van der Waals surface area contributed by atoms with Gasteiger partial charge in [0.15, 0.2) is 0 Å². The number of hydrogen-bond acceptors (Lipinski definition) is 4. The van der Waals surface area contributed by atoms with Gasteiger partial charge >= 0.3 is 12.1 Å². The number of amides is 1. The van der Waals surface area contributed by atoms with Gasteiger partial charge in [0.1, 0.15) is 12.7 Å². The Labute approximate surface area is 105 Å². The SMILES string of the molecule is CC(=O)OC1CN(C(=O)OCc2ccccc2)C1. The molecule has 1 saturated heterocycles. The van der Waals surface area contributed by atoms with Crippen LogP contribution in [0.15, 0.2) is 30.3 Å². The highest BCUT2D eigenvalue weighted by molar-refractivity contribution is 5.70. The van der Waals surface area contributed by atoms with Gasteiger partial charge in [-0.15, -0.1) is 0 Å². The first-order valence-electron chi connectivity index (χ1n) is 5.78. The molecule has 2 rings (SSSR count). The summed E-state index contributed by atoms with van der Waals surface area (Å²) in [5.74, 6) is -0.322. The van der Waals surface area contributed by atoms with Crippen molar-refractivity contribution in [1.82, 2.24) is 4.90 Å². The molecular weight excluding hydrogens is 234 g/mol. The molecule has 1 aliphatic heterocycles. The summed E-state index contributed by atoms with van der Waals surface area (Å²) in [6.07, 6.45) is -0.561. The maximum absolute atomic E-state index is 11.6.